The zero-order valence-corrected chi connectivity index (χ0v) is 14.1. The summed E-state index contributed by atoms with van der Waals surface area (Å²) in [7, 11) is 0. The molecule has 7 heteroatoms. The van der Waals surface area contributed by atoms with Gasteiger partial charge in [0.25, 0.3) is 5.91 Å². The van der Waals surface area contributed by atoms with Gasteiger partial charge in [-0.2, -0.15) is 0 Å². The smallest absolute Gasteiger partial charge is 0.255 e. The molecule has 0 radical (unpaired) electrons. The van der Waals surface area contributed by atoms with Crippen LogP contribution in [0.15, 0.2) is 30.3 Å². The van der Waals surface area contributed by atoms with Crippen molar-refractivity contribution in [1.29, 1.82) is 0 Å². The van der Waals surface area contributed by atoms with E-state index in [1.165, 1.54) is 12.1 Å². The number of aromatic nitrogens is 1. The lowest BCUT2D eigenvalue weighted by Crippen LogP contribution is -2.14. The van der Waals surface area contributed by atoms with Gasteiger partial charge in [0.2, 0.25) is 5.91 Å². The first kappa shape index (κ1) is 17.2. The van der Waals surface area contributed by atoms with E-state index in [0.29, 0.717) is 23.4 Å². The van der Waals surface area contributed by atoms with Crippen molar-refractivity contribution >= 4 is 46.4 Å². The molecule has 23 heavy (non-hydrogen) atoms. The Morgan fingerprint density at radius 1 is 1.09 bits per heavy atom. The Labute approximate surface area is 144 Å². The van der Waals surface area contributed by atoms with Crippen molar-refractivity contribution in [3.63, 3.8) is 0 Å². The lowest BCUT2D eigenvalue weighted by atomic mass is 10.1. The van der Waals surface area contributed by atoms with Crippen LogP contribution in [-0.4, -0.2) is 16.8 Å². The molecule has 5 nitrogen and oxygen atoms in total. The lowest BCUT2D eigenvalue weighted by molar-refractivity contribution is -0.115. The van der Waals surface area contributed by atoms with Gasteiger partial charge in [0, 0.05) is 23.4 Å². The predicted octanol–water partition coefficient (Wildman–Crippen LogP) is 4.30. The SMILES string of the molecule is CCC(=O)Nc1ccc(C)c(NC(=O)c2cc(Cl)nc(Cl)c2)c1. The van der Waals surface area contributed by atoms with Crippen LogP contribution in [-0.2, 0) is 4.79 Å². The number of halogens is 2. The first-order valence-electron chi connectivity index (χ1n) is 6.94. The maximum absolute atomic E-state index is 12.3. The monoisotopic (exact) mass is 351 g/mol. The van der Waals surface area contributed by atoms with Gasteiger partial charge in [0.1, 0.15) is 10.3 Å². The van der Waals surface area contributed by atoms with E-state index in [1.807, 2.05) is 13.0 Å². The summed E-state index contributed by atoms with van der Waals surface area (Å²) in [4.78, 5) is 27.6. The highest BCUT2D eigenvalue weighted by molar-refractivity contribution is 6.33. The molecule has 0 spiro atoms. The molecule has 2 rings (SSSR count). The number of nitrogens with zero attached hydrogens (tertiary/aromatic N) is 1. The van der Waals surface area contributed by atoms with Crippen molar-refractivity contribution in [1.82, 2.24) is 4.98 Å². The van der Waals surface area contributed by atoms with E-state index in [1.54, 1.807) is 19.1 Å². The van der Waals surface area contributed by atoms with Crippen molar-refractivity contribution < 1.29 is 9.59 Å². The lowest BCUT2D eigenvalue weighted by Gasteiger charge is -2.11. The minimum atomic E-state index is -0.363. The Bertz CT molecular complexity index is 743. The third-order valence-corrected chi connectivity index (χ3v) is 3.50. The molecular weight excluding hydrogens is 337 g/mol. The third-order valence-electron chi connectivity index (χ3n) is 3.12. The van der Waals surface area contributed by atoms with E-state index in [2.05, 4.69) is 15.6 Å². The van der Waals surface area contributed by atoms with Crippen LogP contribution in [0.1, 0.15) is 29.3 Å². The minimum Gasteiger partial charge on any atom is -0.326 e. The highest BCUT2D eigenvalue weighted by Crippen LogP contribution is 2.22. The van der Waals surface area contributed by atoms with Crippen LogP contribution in [0.4, 0.5) is 11.4 Å². The van der Waals surface area contributed by atoms with Gasteiger partial charge in [-0.25, -0.2) is 4.98 Å². The molecule has 0 unspecified atom stereocenters. The van der Waals surface area contributed by atoms with E-state index in [-0.39, 0.29) is 22.1 Å². The Balaban J connectivity index is 2.23. The summed E-state index contributed by atoms with van der Waals surface area (Å²) in [6.45, 7) is 3.62. The van der Waals surface area contributed by atoms with Crippen LogP contribution < -0.4 is 10.6 Å². The average molecular weight is 352 g/mol. The molecule has 2 N–H and O–H groups in total. The number of hydrogen-bond acceptors (Lipinski definition) is 3. The largest absolute Gasteiger partial charge is 0.326 e. The summed E-state index contributed by atoms with van der Waals surface area (Å²) < 4.78 is 0. The maximum atomic E-state index is 12.3. The molecule has 0 aliphatic rings. The van der Waals surface area contributed by atoms with Gasteiger partial charge < -0.3 is 10.6 Å². The molecule has 0 saturated carbocycles. The van der Waals surface area contributed by atoms with Gasteiger partial charge in [0.05, 0.1) is 0 Å². The Kier molecular flexibility index (Phi) is 5.58. The van der Waals surface area contributed by atoms with E-state index in [0.717, 1.165) is 5.56 Å². The van der Waals surface area contributed by atoms with Crippen molar-refractivity contribution in [3.05, 3.63) is 51.8 Å². The molecule has 0 aliphatic carbocycles. The second-order valence-electron chi connectivity index (χ2n) is 4.89. The molecule has 1 aromatic heterocycles. The second-order valence-corrected chi connectivity index (χ2v) is 5.66. The van der Waals surface area contributed by atoms with Gasteiger partial charge in [-0.15, -0.1) is 0 Å². The number of nitrogens with one attached hydrogen (secondary N) is 2. The number of carbonyl (C=O) groups is 2. The number of anilines is 2. The maximum Gasteiger partial charge on any atom is 0.255 e. The highest BCUT2D eigenvalue weighted by Gasteiger charge is 2.11. The van der Waals surface area contributed by atoms with Crippen LogP contribution in [0, 0.1) is 6.92 Å². The van der Waals surface area contributed by atoms with Crippen LogP contribution in [0.5, 0.6) is 0 Å². The molecule has 1 aromatic carbocycles. The molecule has 0 aliphatic heterocycles. The number of carbonyl (C=O) groups excluding carboxylic acids is 2. The molecule has 120 valence electrons. The summed E-state index contributed by atoms with van der Waals surface area (Å²) >= 11 is 11.6. The third kappa shape index (κ3) is 4.68. The van der Waals surface area contributed by atoms with Crippen molar-refractivity contribution in [2.24, 2.45) is 0 Å². The summed E-state index contributed by atoms with van der Waals surface area (Å²) in [5, 5.41) is 5.81. The minimum absolute atomic E-state index is 0.0983. The Morgan fingerprint density at radius 2 is 1.74 bits per heavy atom. The number of benzene rings is 1. The highest BCUT2D eigenvalue weighted by atomic mass is 35.5. The molecule has 0 atom stereocenters. The topological polar surface area (TPSA) is 71.1 Å². The molecule has 0 saturated heterocycles. The molecule has 0 bridgehead atoms. The van der Waals surface area contributed by atoms with Crippen LogP contribution in [0.2, 0.25) is 10.3 Å². The van der Waals surface area contributed by atoms with Crippen molar-refractivity contribution in [3.8, 4) is 0 Å². The number of amides is 2. The number of hydrogen-bond donors (Lipinski definition) is 2. The second kappa shape index (κ2) is 7.44. The number of rotatable bonds is 4. The molecule has 2 amide bonds. The number of pyridine rings is 1. The first-order chi connectivity index (χ1) is 10.9. The fourth-order valence-corrected chi connectivity index (χ4v) is 2.33. The van der Waals surface area contributed by atoms with Gasteiger partial charge >= 0.3 is 0 Å². The molecule has 2 aromatic rings. The average Bonchev–Trinajstić information content (AvgIpc) is 2.49. The fraction of sp³-hybridized carbons (Fsp3) is 0.188. The quantitative estimate of drug-likeness (QED) is 0.806. The molecular formula is C16H15Cl2N3O2. The van der Waals surface area contributed by atoms with E-state index in [4.69, 9.17) is 23.2 Å². The zero-order chi connectivity index (χ0) is 17.0. The molecule has 1 heterocycles. The number of aryl methyl sites for hydroxylation is 1. The van der Waals surface area contributed by atoms with Gasteiger partial charge in [-0.1, -0.05) is 36.2 Å². The van der Waals surface area contributed by atoms with Gasteiger partial charge in [-0.3, -0.25) is 9.59 Å². The van der Waals surface area contributed by atoms with Gasteiger partial charge in [0.15, 0.2) is 0 Å². The predicted molar refractivity (Wildman–Crippen MR) is 92.3 cm³/mol. The fourth-order valence-electron chi connectivity index (χ4n) is 1.87. The van der Waals surface area contributed by atoms with E-state index in [9.17, 15) is 9.59 Å². The summed E-state index contributed by atoms with van der Waals surface area (Å²) in [6.07, 6.45) is 0.379. The Morgan fingerprint density at radius 3 is 2.35 bits per heavy atom. The van der Waals surface area contributed by atoms with E-state index >= 15 is 0 Å². The normalized spacial score (nSPS) is 10.3. The van der Waals surface area contributed by atoms with E-state index < -0.39 is 0 Å². The van der Waals surface area contributed by atoms with Crippen LogP contribution >= 0.6 is 23.2 Å². The van der Waals surface area contributed by atoms with Crippen molar-refractivity contribution in [2.45, 2.75) is 20.3 Å². The molecule has 0 fully saturated rings. The summed E-state index contributed by atoms with van der Waals surface area (Å²) in [5.74, 6) is -0.461. The van der Waals surface area contributed by atoms with Crippen LogP contribution in [0.3, 0.4) is 0 Å². The van der Waals surface area contributed by atoms with Crippen LogP contribution in [0.25, 0.3) is 0 Å². The van der Waals surface area contributed by atoms with Crippen molar-refractivity contribution in [2.75, 3.05) is 10.6 Å². The standard InChI is InChI=1S/C16H15Cl2N3O2/c1-3-15(22)19-11-5-4-9(2)12(8-11)20-16(23)10-6-13(17)21-14(18)7-10/h4-8H,3H2,1-2H3,(H,19,22)(H,20,23). The summed E-state index contributed by atoms with van der Waals surface area (Å²) in [6, 6.07) is 8.15. The van der Waals surface area contributed by atoms with Gasteiger partial charge in [-0.05, 0) is 36.8 Å². The zero-order valence-electron chi connectivity index (χ0n) is 12.6. The Hall–Kier alpha value is -2.11. The first-order valence-corrected chi connectivity index (χ1v) is 7.69. The summed E-state index contributed by atoms with van der Waals surface area (Å²) in [5.41, 5.74) is 2.37.